The number of Topliss-reactive ketones (excluding diaryl/α,β-unsaturated/α-hetero) is 1. The van der Waals surface area contributed by atoms with E-state index >= 15 is 0 Å². The van der Waals surface area contributed by atoms with Crippen molar-refractivity contribution in [2.24, 2.45) is 5.92 Å². The molecule has 1 atom stereocenters. The number of ketones is 1. The number of para-hydroxylation sites is 1. The Morgan fingerprint density at radius 1 is 1.53 bits per heavy atom. The molecule has 1 aliphatic heterocycles. The van der Waals surface area contributed by atoms with Gasteiger partial charge in [-0.25, -0.2) is 0 Å². The Morgan fingerprint density at radius 3 is 3.00 bits per heavy atom. The zero-order valence-electron chi connectivity index (χ0n) is 8.29. The molecule has 80 valence electrons. The molecule has 1 fully saturated rings. The number of benzene rings is 1. The maximum absolute atomic E-state index is 12.0. The number of hydrogen-bond donors (Lipinski definition) is 2. The van der Waals surface area contributed by atoms with Crippen molar-refractivity contribution < 1.29 is 4.79 Å². The normalized spacial score (nSPS) is 20.5. The van der Waals surface area contributed by atoms with Gasteiger partial charge in [-0.05, 0) is 25.1 Å². The van der Waals surface area contributed by atoms with Crippen LogP contribution in [0.15, 0.2) is 18.2 Å². The molecular weight excluding hydrogens is 212 g/mol. The summed E-state index contributed by atoms with van der Waals surface area (Å²) >= 11 is 5.87. The van der Waals surface area contributed by atoms with Crippen LogP contribution >= 0.6 is 11.6 Å². The lowest BCUT2D eigenvalue weighted by atomic mass is 9.96. The number of nitrogen functional groups attached to an aromatic ring is 1. The zero-order valence-corrected chi connectivity index (χ0v) is 9.05. The summed E-state index contributed by atoms with van der Waals surface area (Å²) in [4.78, 5) is 12.0. The lowest BCUT2D eigenvalue weighted by Crippen LogP contribution is -2.19. The first kappa shape index (κ1) is 10.5. The van der Waals surface area contributed by atoms with Crippen molar-refractivity contribution >= 4 is 23.1 Å². The Hall–Kier alpha value is -1.06. The van der Waals surface area contributed by atoms with Gasteiger partial charge in [0.2, 0.25) is 0 Å². The number of halogens is 1. The van der Waals surface area contributed by atoms with E-state index in [0.29, 0.717) is 16.3 Å². The summed E-state index contributed by atoms with van der Waals surface area (Å²) in [5, 5.41) is 3.61. The van der Waals surface area contributed by atoms with Crippen molar-refractivity contribution in [3.05, 3.63) is 28.8 Å². The summed E-state index contributed by atoms with van der Waals surface area (Å²) in [6.45, 7) is 1.64. The van der Waals surface area contributed by atoms with E-state index in [2.05, 4.69) is 5.32 Å². The number of anilines is 1. The predicted octanol–water partition coefficient (Wildman–Crippen LogP) is 1.71. The van der Waals surface area contributed by atoms with Gasteiger partial charge in [-0.3, -0.25) is 4.79 Å². The Morgan fingerprint density at radius 2 is 2.33 bits per heavy atom. The number of carbonyl (C=O) groups excluding carboxylic acids is 1. The van der Waals surface area contributed by atoms with Gasteiger partial charge in [-0.1, -0.05) is 17.7 Å². The van der Waals surface area contributed by atoms with E-state index in [1.54, 1.807) is 18.2 Å². The van der Waals surface area contributed by atoms with Crippen LogP contribution in [0.1, 0.15) is 16.8 Å². The first-order chi connectivity index (χ1) is 7.20. The van der Waals surface area contributed by atoms with Crippen molar-refractivity contribution in [2.75, 3.05) is 18.8 Å². The minimum atomic E-state index is 0.0470. The maximum Gasteiger partial charge on any atom is 0.169 e. The molecule has 4 heteroatoms. The van der Waals surface area contributed by atoms with Gasteiger partial charge in [0, 0.05) is 18.0 Å². The van der Waals surface area contributed by atoms with Gasteiger partial charge in [0.15, 0.2) is 5.78 Å². The van der Waals surface area contributed by atoms with Gasteiger partial charge < -0.3 is 11.1 Å². The van der Waals surface area contributed by atoms with Gasteiger partial charge in [0.25, 0.3) is 0 Å². The Labute approximate surface area is 93.6 Å². The minimum absolute atomic E-state index is 0.0470. The molecule has 0 saturated carbocycles. The topological polar surface area (TPSA) is 55.1 Å². The monoisotopic (exact) mass is 224 g/mol. The second kappa shape index (κ2) is 4.21. The van der Waals surface area contributed by atoms with E-state index in [0.717, 1.165) is 19.5 Å². The molecule has 0 aliphatic carbocycles. The van der Waals surface area contributed by atoms with Gasteiger partial charge in [-0.2, -0.15) is 0 Å². The average Bonchev–Trinajstić information content (AvgIpc) is 2.74. The Balaban J connectivity index is 2.28. The quantitative estimate of drug-likeness (QED) is 0.594. The summed E-state index contributed by atoms with van der Waals surface area (Å²) in [6.07, 6.45) is 0.880. The van der Waals surface area contributed by atoms with Crippen LogP contribution in [0.2, 0.25) is 5.02 Å². The average molecular weight is 225 g/mol. The summed E-state index contributed by atoms with van der Waals surface area (Å²) in [6, 6.07) is 5.19. The molecule has 1 unspecified atom stereocenters. The molecule has 3 nitrogen and oxygen atoms in total. The standard InChI is InChI=1S/C11H13ClN2O/c12-9-3-1-2-8(10(9)13)11(15)7-4-5-14-6-7/h1-3,7,14H,4-6,13H2. The van der Waals surface area contributed by atoms with Crippen molar-refractivity contribution in [3.63, 3.8) is 0 Å². The Bertz CT molecular complexity index is 386. The Kier molecular flexibility index (Phi) is 2.93. The fraction of sp³-hybridized carbons (Fsp3) is 0.364. The number of rotatable bonds is 2. The van der Waals surface area contributed by atoms with Crippen LogP contribution in [-0.4, -0.2) is 18.9 Å². The van der Waals surface area contributed by atoms with Gasteiger partial charge in [0.05, 0.1) is 10.7 Å². The van der Waals surface area contributed by atoms with Crippen LogP contribution in [0.4, 0.5) is 5.69 Å². The first-order valence-corrected chi connectivity index (χ1v) is 5.37. The molecule has 3 N–H and O–H groups in total. The lowest BCUT2D eigenvalue weighted by Gasteiger charge is -2.10. The third-order valence-electron chi connectivity index (χ3n) is 2.75. The molecule has 1 aliphatic rings. The van der Waals surface area contributed by atoms with Crippen molar-refractivity contribution in [2.45, 2.75) is 6.42 Å². The molecule has 1 saturated heterocycles. The fourth-order valence-corrected chi connectivity index (χ4v) is 2.02. The molecule has 1 aromatic carbocycles. The van der Waals surface area contributed by atoms with Crippen LogP contribution in [-0.2, 0) is 0 Å². The highest BCUT2D eigenvalue weighted by Gasteiger charge is 2.25. The SMILES string of the molecule is Nc1c(Cl)cccc1C(=O)C1CCNC1. The summed E-state index contributed by atoms with van der Waals surface area (Å²) in [5.74, 6) is 0.144. The highest BCUT2D eigenvalue weighted by molar-refractivity contribution is 6.34. The van der Waals surface area contributed by atoms with Gasteiger partial charge in [0.1, 0.15) is 0 Å². The molecule has 0 bridgehead atoms. The molecule has 0 aromatic heterocycles. The fourth-order valence-electron chi connectivity index (χ4n) is 1.85. The van der Waals surface area contributed by atoms with E-state index in [-0.39, 0.29) is 11.7 Å². The van der Waals surface area contributed by atoms with E-state index in [4.69, 9.17) is 17.3 Å². The van der Waals surface area contributed by atoms with E-state index < -0.39 is 0 Å². The van der Waals surface area contributed by atoms with Crippen LogP contribution in [0.3, 0.4) is 0 Å². The number of nitrogens with two attached hydrogens (primary N) is 1. The number of hydrogen-bond acceptors (Lipinski definition) is 3. The minimum Gasteiger partial charge on any atom is -0.397 e. The van der Waals surface area contributed by atoms with Crippen LogP contribution in [0.25, 0.3) is 0 Å². The largest absolute Gasteiger partial charge is 0.397 e. The van der Waals surface area contributed by atoms with E-state index in [9.17, 15) is 4.79 Å². The van der Waals surface area contributed by atoms with Crippen LogP contribution in [0.5, 0.6) is 0 Å². The van der Waals surface area contributed by atoms with Gasteiger partial charge in [-0.15, -0.1) is 0 Å². The molecule has 2 rings (SSSR count). The van der Waals surface area contributed by atoms with E-state index in [1.165, 1.54) is 0 Å². The predicted molar refractivity (Wildman–Crippen MR) is 61.2 cm³/mol. The molecule has 1 aromatic rings. The third-order valence-corrected chi connectivity index (χ3v) is 3.08. The van der Waals surface area contributed by atoms with Crippen molar-refractivity contribution in [3.8, 4) is 0 Å². The second-order valence-corrected chi connectivity index (χ2v) is 4.16. The smallest absolute Gasteiger partial charge is 0.169 e. The van der Waals surface area contributed by atoms with Crippen LogP contribution < -0.4 is 11.1 Å². The maximum atomic E-state index is 12.0. The summed E-state index contributed by atoms with van der Waals surface area (Å²) in [7, 11) is 0. The molecule has 0 radical (unpaired) electrons. The van der Waals surface area contributed by atoms with Crippen molar-refractivity contribution in [1.29, 1.82) is 0 Å². The molecule has 0 amide bonds. The lowest BCUT2D eigenvalue weighted by molar-refractivity contribution is 0.0931. The molecule has 1 heterocycles. The summed E-state index contributed by atoms with van der Waals surface area (Å²) in [5.41, 5.74) is 6.73. The highest BCUT2D eigenvalue weighted by Crippen LogP contribution is 2.26. The molecule has 0 spiro atoms. The van der Waals surface area contributed by atoms with E-state index in [1.807, 2.05) is 0 Å². The zero-order chi connectivity index (χ0) is 10.8. The highest BCUT2D eigenvalue weighted by atomic mass is 35.5. The number of carbonyl (C=O) groups is 1. The summed E-state index contributed by atoms with van der Waals surface area (Å²) < 4.78 is 0. The third kappa shape index (κ3) is 1.98. The van der Waals surface area contributed by atoms with Crippen molar-refractivity contribution in [1.82, 2.24) is 5.32 Å². The molecular formula is C11H13ClN2O. The van der Waals surface area contributed by atoms with Gasteiger partial charge >= 0.3 is 0 Å². The van der Waals surface area contributed by atoms with Crippen LogP contribution in [0, 0.1) is 5.92 Å². The molecule has 15 heavy (non-hydrogen) atoms. The second-order valence-electron chi connectivity index (χ2n) is 3.76. The first-order valence-electron chi connectivity index (χ1n) is 4.99. The number of nitrogens with one attached hydrogen (secondary N) is 1.